The van der Waals surface area contributed by atoms with E-state index < -0.39 is 0 Å². The first-order valence-corrected chi connectivity index (χ1v) is 9.06. The standard InChI is InChI=1S/C18H29BrN2/c1-5-18(6-2)9-11-21(12-10-18)17-8-7-15(19)13-16(17)14(3)20-4/h7-8,13-14,20H,5-6,9-12H2,1-4H3. The van der Waals surface area contributed by atoms with Gasteiger partial charge in [-0.1, -0.05) is 42.6 Å². The maximum atomic E-state index is 3.61. The molecule has 0 amide bonds. The van der Waals surface area contributed by atoms with Crippen molar-refractivity contribution in [2.24, 2.45) is 5.41 Å². The fourth-order valence-electron chi connectivity index (χ4n) is 3.49. The normalized spacial score (nSPS) is 19.6. The third kappa shape index (κ3) is 3.62. The summed E-state index contributed by atoms with van der Waals surface area (Å²) in [5.74, 6) is 0. The molecule has 1 saturated heterocycles. The van der Waals surface area contributed by atoms with Gasteiger partial charge in [-0.25, -0.2) is 0 Å². The van der Waals surface area contributed by atoms with E-state index in [1.807, 2.05) is 7.05 Å². The molecule has 1 heterocycles. The first-order valence-electron chi connectivity index (χ1n) is 8.27. The first kappa shape index (κ1) is 16.8. The lowest BCUT2D eigenvalue weighted by molar-refractivity contribution is 0.199. The van der Waals surface area contributed by atoms with E-state index in [0.717, 1.165) is 4.47 Å². The van der Waals surface area contributed by atoms with Gasteiger partial charge in [-0.15, -0.1) is 0 Å². The van der Waals surface area contributed by atoms with Crippen LogP contribution in [-0.4, -0.2) is 20.1 Å². The molecule has 118 valence electrons. The van der Waals surface area contributed by atoms with Crippen LogP contribution >= 0.6 is 15.9 Å². The molecule has 1 aromatic rings. The number of piperidine rings is 1. The number of nitrogens with one attached hydrogen (secondary N) is 1. The van der Waals surface area contributed by atoms with E-state index in [9.17, 15) is 0 Å². The molecule has 0 radical (unpaired) electrons. The molecule has 21 heavy (non-hydrogen) atoms. The Kier molecular flexibility index (Phi) is 5.73. The van der Waals surface area contributed by atoms with Crippen molar-refractivity contribution in [3.05, 3.63) is 28.2 Å². The van der Waals surface area contributed by atoms with Crippen molar-refractivity contribution in [1.82, 2.24) is 5.32 Å². The summed E-state index contributed by atoms with van der Waals surface area (Å²) < 4.78 is 1.16. The zero-order valence-corrected chi connectivity index (χ0v) is 15.5. The first-order chi connectivity index (χ1) is 10.0. The number of rotatable bonds is 5. The minimum atomic E-state index is 0.376. The Hall–Kier alpha value is -0.540. The molecule has 0 spiro atoms. The van der Waals surface area contributed by atoms with Crippen LogP contribution in [0.25, 0.3) is 0 Å². The molecule has 0 bridgehead atoms. The Morgan fingerprint density at radius 2 is 1.86 bits per heavy atom. The number of benzene rings is 1. The van der Waals surface area contributed by atoms with E-state index in [2.05, 4.69) is 65.1 Å². The van der Waals surface area contributed by atoms with Crippen molar-refractivity contribution in [2.75, 3.05) is 25.0 Å². The van der Waals surface area contributed by atoms with Gasteiger partial charge in [-0.05, 0) is 56.0 Å². The van der Waals surface area contributed by atoms with Crippen molar-refractivity contribution >= 4 is 21.6 Å². The second-order valence-electron chi connectivity index (χ2n) is 6.41. The predicted octanol–water partition coefficient (Wildman–Crippen LogP) is 5.14. The summed E-state index contributed by atoms with van der Waals surface area (Å²) >= 11 is 3.61. The SMILES string of the molecule is CCC1(CC)CCN(c2ccc(Br)cc2C(C)NC)CC1. The van der Waals surface area contributed by atoms with Crippen LogP contribution in [0.1, 0.15) is 58.1 Å². The predicted molar refractivity (Wildman–Crippen MR) is 96.1 cm³/mol. The lowest BCUT2D eigenvalue weighted by Gasteiger charge is -2.43. The fraction of sp³-hybridized carbons (Fsp3) is 0.667. The van der Waals surface area contributed by atoms with Gasteiger partial charge in [0, 0.05) is 29.3 Å². The van der Waals surface area contributed by atoms with Crippen LogP contribution in [0.4, 0.5) is 5.69 Å². The molecule has 2 rings (SSSR count). The van der Waals surface area contributed by atoms with Crippen LogP contribution in [0.15, 0.2) is 22.7 Å². The Bertz CT molecular complexity index is 458. The molecular formula is C18H29BrN2. The molecule has 1 aromatic carbocycles. The average Bonchev–Trinajstić information content (AvgIpc) is 2.54. The summed E-state index contributed by atoms with van der Waals surface area (Å²) in [4.78, 5) is 2.58. The largest absolute Gasteiger partial charge is 0.371 e. The Labute approximate surface area is 138 Å². The van der Waals surface area contributed by atoms with Crippen LogP contribution in [0.3, 0.4) is 0 Å². The average molecular weight is 353 g/mol. The number of anilines is 1. The highest BCUT2D eigenvalue weighted by Crippen LogP contribution is 2.40. The van der Waals surface area contributed by atoms with Crippen molar-refractivity contribution in [3.8, 4) is 0 Å². The lowest BCUT2D eigenvalue weighted by atomic mass is 9.74. The second kappa shape index (κ2) is 7.15. The maximum absolute atomic E-state index is 3.61. The third-order valence-electron chi connectivity index (χ3n) is 5.55. The molecule has 0 aliphatic carbocycles. The molecule has 1 aliphatic rings. The highest BCUT2D eigenvalue weighted by Gasteiger charge is 2.32. The molecule has 1 aliphatic heterocycles. The Morgan fingerprint density at radius 3 is 2.38 bits per heavy atom. The molecule has 1 unspecified atom stereocenters. The van der Waals surface area contributed by atoms with E-state index in [1.165, 1.54) is 50.0 Å². The van der Waals surface area contributed by atoms with Crippen molar-refractivity contribution in [2.45, 2.75) is 52.5 Å². The van der Waals surface area contributed by atoms with E-state index >= 15 is 0 Å². The monoisotopic (exact) mass is 352 g/mol. The molecule has 1 N–H and O–H groups in total. The van der Waals surface area contributed by atoms with Crippen LogP contribution in [0.2, 0.25) is 0 Å². The van der Waals surface area contributed by atoms with Gasteiger partial charge in [0.2, 0.25) is 0 Å². The van der Waals surface area contributed by atoms with Gasteiger partial charge in [0.1, 0.15) is 0 Å². The number of hydrogen-bond donors (Lipinski definition) is 1. The molecule has 3 heteroatoms. The quantitative estimate of drug-likeness (QED) is 0.789. The van der Waals surface area contributed by atoms with Gasteiger partial charge in [-0.3, -0.25) is 0 Å². The minimum Gasteiger partial charge on any atom is -0.371 e. The summed E-state index contributed by atoms with van der Waals surface area (Å²) in [5.41, 5.74) is 3.38. The van der Waals surface area contributed by atoms with Crippen molar-refractivity contribution in [3.63, 3.8) is 0 Å². The zero-order valence-electron chi connectivity index (χ0n) is 13.9. The van der Waals surface area contributed by atoms with Crippen molar-refractivity contribution < 1.29 is 0 Å². The lowest BCUT2D eigenvalue weighted by Crippen LogP contribution is -2.40. The van der Waals surface area contributed by atoms with Gasteiger partial charge >= 0.3 is 0 Å². The van der Waals surface area contributed by atoms with Crippen molar-refractivity contribution in [1.29, 1.82) is 0 Å². The van der Waals surface area contributed by atoms with Crippen LogP contribution < -0.4 is 10.2 Å². The summed E-state index contributed by atoms with van der Waals surface area (Å²) in [6, 6.07) is 7.08. The van der Waals surface area contributed by atoms with E-state index in [0.29, 0.717) is 11.5 Å². The van der Waals surface area contributed by atoms with Crippen LogP contribution in [0.5, 0.6) is 0 Å². The summed E-state index contributed by atoms with van der Waals surface area (Å²) in [6.07, 6.45) is 5.28. The van der Waals surface area contributed by atoms with E-state index in [4.69, 9.17) is 0 Å². The van der Waals surface area contributed by atoms with Gasteiger partial charge in [0.05, 0.1) is 0 Å². The number of hydrogen-bond acceptors (Lipinski definition) is 2. The van der Waals surface area contributed by atoms with E-state index in [1.54, 1.807) is 0 Å². The van der Waals surface area contributed by atoms with Gasteiger partial charge < -0.3 is 10.2 Å². The molecule has 1 fully saturated rings. The molecular weight excluding hydrogens is 324 g/mol. The Balaban J connectivity index is 2.20. The maximum Gasteiger partial charge on any atom is 0.0415 e. The second-order valence-corrected chi connectivity index (χ2v) is 7.32. The minimum absolute atomic E-state index is 0.376. The molecule has 2 nitrogen and oxygen atoms in total. The van der Waals surface area contributed by atoms with Gasteiger partial charge in [-0.2, -0.15) is 0 Å². The highest BCUT2D eigenvalue weighted by atomic mass is 79.9. The smallest absolute Gasteiger partial charge is 0.0415 e. The highest BCUT2D eigenvalue weighted by molar-refractivity contribution is 9.10. The van der Waals surface area contributed by atoms with Crippen LogP contribution in [0, 0.1) is 5.41 Å². The Morgan fingerprint density at radius 1 is 1.24 bits per heavy atom. The molecule has 0 saturated carbocycles. The molecule has 0 aromatic heterocycles. The van der Waals surface area contributed by atoms with E-state index in [-0.39, 0.29) is 0 Å². The van der Waals surface area contributed by atoms with Crippen LogP contribution in [-0.2, 0) is 0 Å². The number of halogens is 1. The zero-order chi connectivity index (χ0) is 15.5. The molecule has 1 atom stereocenters. The summed E-state index contributed by atoms with van der Waals surface area (Å²) in [6.45, 7) is 9.32. The summed E-state index contributed by atoms with van der Waals surface area (Å²) in [5, 5.41) is 3.38. The fourth-order valence-corrected chi connectivity index (χ4v) is 3.87. The van der Waals surface area contributed by atoms with Gasteiger partial charge in [0.25, 0.3) is 0 Å². The summed E-state index contributed by atoms with van der Waals surface area (Å²) in [7, 11) is 2.03. The topological polar surface area (TPSA) is 15.3 Å². The van der Waals surface area contributed by atoms with Gasteiger partial charge in [0.15, 0.2) is 0 Å². The number of nitrogens with zero attached hydrogens (tertiary/aromatic N) is 1. The third-order valence-corrected chi connectivity index (χ3v) is 6.05.